The van der Waals surface area contributed by atoms with Crippen molar-refractivity contribution < 1.29 is 5.11 Å². The second kappa shape index (κ2) is 6.54. The summed E-state index contributed by atoms with van der Waals surface area (Å²) in [6.45, 7) is 3.63. The predicted octanol–water partition coefficient (Wildman–Crippen LogP) is 1.87. The average Bonchev–Trinajstić information content (AvgIpc) is 2.39. The van der Waals surface area contributed by atoms with E-state index in [9.17, 15) is 5.11 Å². The van der Waals surface area contributed by atoms with Gasteiger partial charge in [0.1, 0.15) is 11.6 Å². The summed E-state index contributed by atoms with van der Waals surface area (Å²) < 4.78 is 0. The van der Waals surface area contributed by atoms with Crippen molar-refractivity contribution in [1.29, 1.82) is 0 Å². The number of hydrogen-bond acceptors (Lipinski definition) is 5. The minimum atomic E-state index is -0.170. The summed E-state index contributed by atoms with van der Waals surface area (Å²) in [6, 6.07) is 0. The van der Waals surface area contributed by atoms with Crippen molar-refractivity contribution in [2.45, 2.75) is 38.7 Å². The Kier molecular flexibility index (Phi) is 4.75. The van der Waals surface area contributed by atoms with E-state index in [1.165, 1.54) is 6.42 Å². The molecule has 1 saturated carbocycles. The van der Waals surface area contributed by atoms with Crippen LogP contribution in [0, 0.1) is 5.92 Å². The number of aliphatic hydroxyl groups excluding tert-OH is 1. The van der Waals surface area contributed by atoms with Gasteiger partial charge in [0.2, 0.25) is 0 Å². The molecule has 2 atom stereocenters. The fraction of sp³-hybridized carbons (Fsp3) is 0.692. The van der Waals surface area contributed by atoms with E-state index in [1.54, 1.807) is 12.4 Å². The molecule has 0 spiro atoms. The largest absolute Gasteiger partial charge is 0.393 e. The van der Waals surface area contributed by atoms with Gasteiger partial charge in [-0.25, -0.2) is 4.98 Å². The number of hydrogen-bond donors (Lipinski definition) is 3. The van der Waals surface area contributed by atoms with E-state index >= 15 is 0 Å². The third kappa shape index (κ3) is 3.57. The quantitative estimate of drug-likeness (QED) is 0.744. The summed E-state index contributed by atoms with van der Waals surface area (Å²) in [5.74, 6) is 1.89. The Labute approximate surface area is 108 Å². The van der Waals surface area contributed by atoms with Gasteiger partial charge in [-0.15, -0.1) is 0 Å². The number of aromatic nitrogens is 2. The van der Waals surface area contributed by atoms with Crippen molar-refractivity contribution in [2.24, 2.45) is 5.92 Å². The van der Waals surface area contributed by atoms with E-state index < -0.39 is 0 Å². The number of anilines is 2. The molecule has 3 N–H and O–H groups in total. The maximum Gasteiger partial charge on any atom is 0.146 e. The molecule has 0 amide bonds. The Balaban J connectivity index is 1.87. The van der Waals surface area contributed by atoms with Gasteiger partial charge in [0, 0.05) is 19.0 Å². The number of nitrogens with one attached hydrogen (secondary N) is 2. The van der Waals surface area contributed by atoms with Crippen LogP contribution >= 0.6 is 0 Å². The van der Waals surface area contributed by atoms with Crippen LogP contribution in [-0.2, 0) is 0 Å². The minimum absolute atomic E-state index is 0.170. The molecule has 18 heavy (non-hydrogen) atoms. The summed E-state index contributed by atoms with van der Waals surface area (Å²) in [5, 5.41) is 16.3. The fourth-order valence-corrected chi connectivity index (χ4v) is 2.38. The first kappa shape index (κ1) is 13.1. The molecule has 5 heteroatoms. The van der Waals surface area contributed by atoms with Crippen LogP contribution in [0.25, 0.3) is 0 Å². The van der Waals surface area contributed by atoms with Gasteiger partial charge in [-0.2, -0.15) is 0 Å². The zero-order chi connectivity index (χ0) is 12.8. The summed E-state index contributed by atoms with van der Waals surface area (Å²) in [7, 11) is 0. The molecule has 1 aromatic heterocycles. The van der Waals surface area contributed by atoms with Crippen LogP contribution in [-0.4, -0.2) is 34.3 Å². The van der Waals surface area contributed by atoms with Gasteiger partial charge >= 0.3 is 0 Å². The summed E-state index contributed by atoms with van der Waals surface area (Å²) >= 11 is 0. The lowest BCUT2D eigenvalue weighted by Crippen LogP contribution is -2.30. The number of rotatable bonds is 5. The van der Waals surface area contributed by atoms with Crippen molar-refractivity contribution in [3.8, 4) is 0 Å². The molecule has 1 heterocycles. The number of nitrogens with zero attached hydrogens (tertiary/aromatic N) is 2. The molecule has 2 rings (SSSR count). The molecule has 2 unspecified atom stereocenters. The van der Waals surface area contributed by atoms with Crippen molar-refractivity contribution in [3.05, 3.63) is 12.4 Å². The van der Waals surface area contributed by atoms with Crippen LogP contribution in [0.5, 0.6) is 0 Å². The molecule has 1 aliphatic rings. The molecule has 0 radical (unpaired) electrons. The Morgan fingerprint density at radius 3 is 2.67 bits per heavy atom. The standard InChI is InChI=1S/C13H22N4O/c1-2-15-12-8-14-9-13(17-12)16-7-10-5-3-4-6-11(10)18/h8-11,18H,2-7H2,1H3,(H2,15,16,17). The molecule has 100 valence electrons. The Bertz CT molecular complexity index is 372. The van der Waals surface area contributed by atoms with E-state index in [1.807, 2.05) is 6.92 Å². The third-order valence-corrected chi connectivity index (χ3v) is 3.41. The van der Waals surface area contributed by atoms with Gasteiger partial charge in [-0.1, -0.05) is 12.8 Å². The molecule has 0 aromatic carbocycles. The predicted molar refractivity (Wildman–Crippen MR) is 72.7 cm³/mol. The lowest BCUT2D eigenvalue weighted by Gasteiger charge is -2.27. The van der Waals surface area contributed by atoms with Gasteiger partial charge in [0.05, 0.1) is 18.5 Å². The molecule has 0 bridgehead atoms. The third-order valence-electron chi connectivity index (χ3n) is 3.41. The molecule has 1 fully saturated rings. The fourth-order valence-electron chi connectivity index (χ4n) is 2.38. The van der Waals surface area contributed by atoms with E-state index in [0.717, 1.165) is 44.0 Å². The molecular weight excluding hydrogens is 228 g/mol. The molecule has 1 aliphatic carbocycles. The van der Waals surface area contributed by atoms with Crippen LogP contribution in [0.4, 0.5) is 11.6 Å². The van der Waals surface area contributed by atoms with Gasteiger partial charge < -0.3 is 15.7 Å². The maximum absolute atomic E-state index is 9.90. The highest BCUT2D eigenvalue weighted by Crippen LogP contribution is 2.24. The first-order chi connectivity index (χ1) is 8.79. The summed E-state index contributed by atoms with van der Waals surface area (Å²) in [5.41, 5.74) is 0. The Morgan fingerprint density at radius 1 is 1.22 bits per heavy atom. The lowest BCUT2D eigenvalue weighted by molar-refractivity contribution is 0.0763. The van der Waals surface area contributed by atoms with Crippen LogP contribution in [0.1, 0.15) is 32.6 Å². The highest BCUT2D eigenvalue weighted by molar-refractivity contribution is 5.41. The Morgan fingerprint density at radius 2 is 1.94 bits per heavy atom. The van der Waals surface area contributed by atoms with E-state index in [0.29, 0.717) is 5.92 Å². The van der Waals surface area contributed by atoms with E-state index in [2.05, 4.69) is 20.6 Å². The minimum Gasteiger partial charge on any atom is -0.393 e. The second-order valence-corrected chi connectivity index (χ2v) is 4.81. The molecular formula is C13H22N4O. The second-order valence-electron chi connectivity index (χ2n) is 4.81. The first-order valence-electron chi connectivity index (χ1n) is 6.77. The summed E-state index contributed by atoms with van der Waals surface area (Å²) in [4.78, 5) is 8.54. The summed E-state index contributed by atoms with van der Waals surface area (Å²) in [6.07, 6.45) is 7.64. The zero-order valence-electron chi connectivity index (χ0n) is 10.9. The zero-order valence-corrected chi connectivity index (χ0v) is 10.9. The smallest absolute Gasteiger partial charge is 0.146 e. The van der Waals surface area contributed by atoms with Crippen LogP contribution in [0.3, 0.4) is 0 Å². The van der Waals surface area contributed by atoms with Crippen LogP contribution < -0.4 is 10.6 Å². The van der Waals surface area contributed by atoms with E-state index in [-0.39, 0.29) is 6.10 Å². The normalized spacial score (nSPS) is 23.7. The van der Waals surface area contributed by atoms with E-state index in [4.69, 9.17) is 0 Å². The lowest BCUT2D eigenvalue weighted by atomic mass is 9.86. The van der Waals surface area contributed by atoms with Crippen molar-refractivity contribution in [2.75, 3.05) is 23.7 Å². The molecule has 5 nitrogen and oxygen atoms in total. The highest BCUT2D eigenvalue weighted by Gasteiger charge is 2.22. The Hall–Kier alpha value is -1.36. The average molecular weight is 250 g/mol. The highest BCUT2D eigenvalue weighted by atomic mass is 16.3. The van der Waals surface area contributed by atoms with Gasteiger partial charge in [0.25, 0.3) is 0 Å². The monoisotopic (exact) mass is 250 g/mol. The van der Waals surface area contributed by atoms with Crippen molar-refractivity contribution in [3.63, 3.8) is 0 Å². The van der Waals surface area contributed by atoms with Crippen LogP contribution in [0.2, 0.25) is 0 Å². The molecule has 0 saturated heterocycles. The van der Waals surface area contributed by atoms with Crippen molar-refractivity contribution in [1.82, 2.24) is 9.97 Å². The topological polar surface area (TPSA) is 70.1 Å². The van der Waals surface area contributed by atoms with Crippen LogP contribution in [0.15, 0.2) is 12.4 Å². The maximum atomic E-state index is 9.90. The number of aliphatic hydroxyl groups is 1. The SMILES string of the molecule is CCNc1cncc(NCC2CCCCC2O)n1. The van der Waals surface area contributed by atoms with Crippen molar-refractivity contribution >= 4 is 11.6 Å². The first-order valence-corrected chi connectivity index (χ1v) is 6.77. The molecule has 1 aromatic rings. The molecule has 0 aliphatic heterocycles. The van der Waals surface area contributed by atoms with Gasteiger partial charge in [-0.05, 0) is 19.8 Å². The van der Waals surface area contributed by atoms with Gasteiger partial charge in [-0.3, -0.25) is 4.98 Å². The van der Waals surface area contributed by atoms with Gasteiger partial charge in [0.15, 0.2) is 0 Å².